The number of hydrogen-bond donors (Lipinski definition) is 3. The van der Waals surface area contributed by atoms with Gasteiger partial charge in [0.05, 0.1) is 25.2 Å². The van der Waals surface area contributed by atoms with Crippen LogP contribution >= 0.6 is 0 Å². The molecule has 3 atom stereocenters. The molecule has 0 bridgehead atoms. The highest BCUT2D eigenvalue weighted by Gasteiger charge is 2.23. The molecule has 0 saturated carbocycles. The first-order chi connectivity index (χ1) is 32.5. The second kappa shape index (κ2) is 52.7. The molecular weight excluding hydrogens is 815 g/mol. The Bertz CT molecular complexity index is 1310. The number of carbonyl (C=O) groups excluding carboxylic acids is 2. The van der Waals surface area contributed by atoms with Crippen LogP contribution in [0.25, 0.3) is 0 Å². The summed E-state index contributed by atoms with van der Waals surface area (Å²) in [6.45, 7) is 6.31. The number of aliphatic hydroxyl groups excluding tert-OH is 2. The van der Waals surface area contributed by atoms with Gasteiger partial charge in [-0.05, 0) is 83.1 Å². The second-order valence-electron chi connectivity index (χ2n) is 18.3. The van der Waals surface area contributed by atoms with Gasteiger partial charge in [-0.2, -0.15) is 0 Å². The van der Waals surface area contributed by atoms with Gasteiger partial charge in [0.15, 0.2) is 0 Å². The zero-order valence-electron chi connectivity index (χ0n) is 43.0. The molecule has 0 aliphatic heterocycles. The predicted molar refractivity (Wildman–Crippen MR) is 287 cm³/mol. The van der Waals surface area contributed by atoms with Crippen LogP contribution in [0.3, 0.4) is 0 Å². The van der Waals surface area contributed by atoms with Gasteiger partial charge < -0.3 is 20.3 Å². The maximum Gasteiger partial charge on any atom is 0.306 e. The molecule has 0 rings (SSSR count). The molecule has 0 heterocycles. The lowest BCUT2D eigenvalue weighted by Crippen LogP contribution is -2.46. The smallest absolute Gasteiger partial charge is 0.306 e. The van der Waals surface area contributed by atoms with Crippen LogP contribution in [0.15, 0.2) is 97.2 Å². The Kier molecular flexibility index (Phi) is 50.2. The van der Waals surface area contributed by atoms with Crippen LogP contribution in [0.5, 0.6) is 0 Å². The van der Waals surface area contributed by atoms with Gasteiger partial charge in [0.2, 0.25) is 5.91 Å². The number of aliphatic hydroxyl groups is 2. The molecule has 0 radical (unpaired) electrons. The minimum absolute atomic E-state index is 0.0564. The van der Waals surface area contributed by atoms with E-state index in [2.05, 4.69) is 111 Å². The molecule has 6 heteroatoms. The van der Waals surface area contributed by atoms with E-state index in [-0.39, 0.29) is 24.9 Å². The van der Waals surface area contributed by atoms with E-state index in [1.54, 1.807) is 6.08 Å². The lowest BCUT2D eigenvalue weighted by atomic mass is 10.0. The highest BCUT2D eigenvalue weighted by Crippen LogP contribution is 2.16. The summed E-state index contributed by atoms with van der Waals surface area (Å²) in [6.07, 6.45) is 70.7. The van der Waals surface area contributed by atoms with Crippen LogP contribution in [0.4, 0.5) is 0 Å². The van der Waals surface area contributed by atoms with Crippen LogP contribution < -0.4 is 5.32 Å². The Morgan fingerprint density at radius 2 is 0.879 bits per heavy atom. The average Bonchev–Trinajstić information content (AvgIpc) is 3.31. The maximum atomic E-state index is 13.2. The van der Waals surface area contributed by atoms with Crippen LogP contribution in [0, 0.1) is 0 Å². The van der Waals surface area contributed by atoms with Crippen LogP contribution in [-0.2, 0) is 14.3 Å². The summed E-state index contributed by atoms with van der Waals surface area (Å²) in [6, 6.07) is -0.751. The Hall–Kier alpha value is -3.22. The molecule has 0 aromatic rings. The standard InChI is InChI=1S/C60H103NO5/c1-4-7-10-13-16-19-22-25-28-29-32-33-36-39-42-45-48-51-56(66-60(65)53-50-47-44-41-38-35-31-27-24-21-18-15-12-9-6-3)54-59(64)61-57(55-62)58(63)52-49-46-43-40-37-34-30-26-23-20-17-14-11-8-5-2/h7,10,16,18-19,21,24-25,27-28,32-33,39,42,48,51,56-58,62-63H,4-6,8-9,11-15,17,20,22-23,26,29-31,34-38,40-41,43-47,49-50,52-55H2,1-3H3,(H,61,64)/b10-7-,19-16-,21-18+,27-24+,28-25-,33-32-,42-39-,51-48-. The van der Waals surface area contributed by atoms with Gasteiger partial charge in [-0.25, -0.2) is 0 Å². The SMILES string of the molecule is CC/C=C\C/C=C\C/C=C\C/C=C\C/C=C\C/C=C\C(CC(=O)NC(CO)C(O)CCCCCCCCCCCCCCCCC)OC(=O)CCCCCCCC/C=C/C=C/CCCCC. The fraction of sp³-hybridized carbons (Fsp3) is 0.700. The zero-order chi connectivity index (χ0) is 48.1. The van der Waals surface area contributed by atoms with Crippen molar-refractivity contribution in [2.75, 3.05) is 6.61 Å². The molecule has 3 N–H and O–H groups in total. The molecule has 1 amide bonds. The van der Waals surface area contributed by atoms with Crippen molar-refractivity contribution in [1.82, 2.24) is 5.32 Å². The van der Waals surface area contributed by atoms with Crippen LogP contribution in [0.2, 0.25) is 0 Å². The fourth-order valence-corrected chi connectivity index (χ4v) is 7.77. The van der Waals surface area contributed by atoms with E-state index in [1.165, 1.54) is 116 Å². The molecule has 378 valence electrons. The monoisotopic (exact) mass is 918 g/mol. The van der Waals surface area contributed by atoms with Gasteiger partial charge >= 0.3 is 5.97 Å². The maximum absolute atomic E-state index is 13.2. The van der Waals surface area contributed by atoms with Gasteiger partial charge in [-0.1, -0.05) is 247 Å². The lowest BCUT2D eigenvalue weighted by molar-refractivity contribution is -0.148. The van der Waals surface area contributed by atoms with Crippen molar-refractivity contribution in [2.45, 2.75) is 264 Å². The number of unbranched alkanes of at least 4 members (excludes halogenated alkanes) is 23. The van der Waals surface area contributed by atoms with Gasteiger partial charge in [0.25, 0.3) is 0 Å². The van der Waals surface area contributed by atoms with Crippen LogP contribution in [-0.4, -0.2) is 46.9 Å². The molecule has 0 spiro atoms. The molecule has 0 aromatic carbocycles. The first-order valence-corrected chi connectivity index (χ1v) is 27.5. The number of carbonyl (C=O) groups is 2. The minimum atomic E-state index is -0.827. The number of ether oxygens (including phenoxy) is 1. The molecule has 0 saturated heterocycles. The molecule has 0 aliphatic rings. The molecule has 0 fully saturated rings. The predicted octanol–water partition coefficient (Wildman–Crippen LogP) is 16.9. The van der Waals surface area contributed by atoms with Crippen molar-refractivity contribution >= 4 is 11.9 Å². The zero-order valence-corrected chi connectivity index (χ0v) is 43.0. The minimum Gasteiger partial charge on any atom is -0.458 e. The largest absolute Gasteiger partial charge is 0.458 e. The van der Waals surface area contributed by atoms with Crippen molar-refractivity contribution in [3.63, 3.8) is 0 Å². The van der Waals surface area contributed by atoms with Crippen molar-refractivity contribution in [2.24, 2.45) is 0 Å². The molecule has 66 heavy (non-hydrogen) atoms. The van der Waals surface area contributed by atoms with E-state index < -0.39 is 18.2 Å². The van der Waals surface area contributed by atoms with E-state index >= 15 is 0 Å². The lowest BCUT2D eigenvalue weighted by Gasteiger charge is -2.23. The molecular formula is C60H103NO5. The first-order valence-electron chi connectivity index (χ1n) is 27.5. The van der Waals surface area contributed by atoms with E-state index in [4.69, 9.17) is 4.74 Å². The summed E-state index contributed by atoms with van der Waals surface area (Å²) in [5.41, 5.74) is 0. The number of nitrogens with one attached hydrogen (secondary N) is 1. The van der Waals surface area contributed by atoms with Crippen LogP contribution in [0.1, 0.15) is 245 Å². The first kappa shape index (κ1) is 62.8. The third kappa shape index (κ3) is 47.3. The normalized spacial score (nSPS) is 14.0. The summed E-state index contributed by atoms with van der Waals surface area (Å²) in [5, 5.41) is 23.8. The van der Waals surface area contributed by atoms with Gasteiger partial charge in [-0.3, -0.25) is 9.59 Å². The van der Waals surface area contributed by atoms with E-state index in [1.807, 2.05) is 6.08 Å². The Labute approximate surface area is 407 Å². The van der Waals surface area contributed by atoms with Gasteiger partial charge in [0, 0.05) is 6.42 Å². The highest BCUT2D eigenvalue weighted by molar-refractivity contribution is 5.78. The number of esters is 1. The third-order valence-corrected chi connectivity index (χ3v) is 11.9. The average molecular weight is 918 g/mol. The number of rotatable bonds is 48. The van der Waals surface area contributed by atoms with Crippen molar-refractivity contribution in [3.8, 4) is 0 Å². The molecule has 0 aromatic heterocycles. The summed E-state index contributed by atoms with van der Waals surface area (Å²) in [4.78, 5) is 26.2. The molecule has 6 nitrogen and oxygen atoms in total. The van der Waals surface area contributed by atoms with E-state index in [0.29, 0.717) is 19.3 Å². The van der Waals surface area contributed by atoms with Crippen molar-refractivity contribution < 1.29 is 24.5 Å². The molecule has 3 unspecified atom stereocenters. The van der Waals surface area contributed by atoms with Gasteiger partial charge in [-0.15, -0.1) is 0 Å². The summed E-state index contributed by atoms with van der Waals surface area (Å²) < 4.78 is 5.83. The summed E-state index contributed by atoms with van der Waals surface area (Å²) in [7, 11) is 0. The number of amides is 1. The second-order valence-corrected chi connectivity index (χ2v) is 18.3. The summed E-state index contributed by atoms with van der Waals surface area (Å²) >= 11 is 0. The Morgan fingerprint density at radius 1 is 0.485 bits per heavy atom. The Balaban J connectivity index is 4.77. The topological polar surface area (TPSA) is 95.9 Å². The van der Waals surface area contributed by atoms with Crippen molar-refractivity contribution in [1.29, 1.82) is 0 Å². The molecule has 0 aliphatic carbocycles. The van der Waals surface area contributed by atoms with E-state index in [9.17, 15) is 19.8 Å². The van der Waals surface area contributed by atoms with Crippen molar-refractivity contribution in [3.05, 3.63) is 97.2 Å². The number of hydrogen-bond acceptors (Lipinski definition) is 5. The Morgan fingerprint density at radius 3 is 1.35 bits per heavy atom. The highest BCUT2D eigenvalue weighted by atomic mass is 16.5. The third-order valence-electron chi connectivity index (χ3n) is 11.9. The van der Waals surface area contributed by atoms with E-state index in [0.717, 1.165) is 83.5 Å². The summed E-state index contributed by atoms with van der Waals surface area (Å²) in [5.74, 6) is -0.646. The quantitative estimate of drug-likeness (QED) is 0.0245. The fourth-order valence-electron chi connectivity index (χ4n) is 7.77. The van der Waals surface area contributed by atoms with Gasteiger partial charge in [0.1, 0.15) is 6.10 Å². The number of allylic oxidation sites excluding steroid dienone is 15.